The number of nitrogens with two attached hydrogens (primary N) is 1. The Morgan fingerprint density at radius 2 is 2.38 bits per heavy atom. The highest BCUT2D eigenvalue weighted by molar-refractivity contribution is 7.15. The molecule has 0 unspecified atom stereocenters. The van der Waals surface area contributed by atoms with Gasteiger partial charge < -0.3 is 5.73 Å². The Hall–Kier alpha value is -0.940. The van der Waals surface area contributed by atoms with Gasteiger partial charge in [-0.25, -0.2) is 0 Å². The Kier molecular flexibility index (Phi) is 3.39. The van der Waals surface area contributed by atoms with Gasteiger partial charge in [-0.1, -0.05) is 24.7 Å². The fourth-order valence-corrected chi connectivity index (χ4v) is 1.95. The number of rotatable bonds is 4. The molecule has 0 amide bonds. The average Bonchev–Trinajstić information content (AvgIpc) is 2.52. The molecule has 0 saturated carbocycles. The summed E-state index contributed by atoms with van der Waals surface area (Å²) >= 11 is 1.16. The highest BCUT2D eigenvalue weighted by Gasteiger charge is 2.13. The van der Waals surface area contributed by atoms with Gasteiger partial charge in [-0.05, 0) is 12.5 Å². The van der Waals surface area contributed by atoms with Crippen LogP contribution in [0.15, 0.2) is 12.1 Å². The largest absolute Gasteiger partial charge is 0.324 e. The minimum absolute atomic E-state index is 0.0521. The Labute approximate surface area is 80.5 Å². The van der Waals surface area contributed by atoms with Crippen molar-refractivity contribution in [1.29, 1.82) is 0 Å². The van der Waals surface area contributed by atoms with E-state index in [4.69, 9.17) is 5.73 Å². The van der Waals surface area contributed by atoms with E-state index in [-0.39, 0.29) is 16.0 Å². The molecule has 0 saturated heterocycles. The predicted molar refractivity (Wildman–Crippen MR) is 52.8 cm³/mol. The van der Waals surface area contributed by atoms with E-state index in [0.717, 1.165) is 29.1 Å². The topological polar surface area (TPSA) is 69.2 Å². The van der Waals surface area contributed by atoms with Crippen molar-refractivity contribution in [3.63, 3.8) is 0 Å². The van der Waals surface area contributed by atoms with Crippen molar-refractivity contribution in [3.05, 3.63) is 27.1 Å². The van der Waals surface area contributed by atoms with Gasteiger partial charge in [-0.15, -0.1) is 0 Å². The molecule has 0 spiro atoms. The van der Waals surface area contributed by atoms with Gasteiger partial charge >= 0.3 is 5.00 Å². The molecular weight excluding hydrogens is 188 g/mol. The lowest BCUT2D eigenvalue weighted by Crippen LogP contribution is -2.07. The second-order valence-electron chi connectivity index (χ2n) is 2.83. The van der Waals surface area contributed by atoms with Crippen molar-refractivity contribution in [2.75, 3.05) is 0 Å². The second-order valence-corrected chi connectivity index (χ2v) is 3.92. The van der Waals surface area contributed by atoms with Crippen LogP contribution in [0.4, 0.5) is 5.00 Å². The zero-order valence-corrected chi connectivity index (χ0v) is 8.21. The van der Waals surface area contributed by atoms with Gasteiger partial charge in [-0.3, -0.25) is 10.1 Å². The molecule has 0 radical (unpaired) electrons. The summed E-state index contributed by atoms with van der Waals surface area (Å²) in [6, 6.07) is 3.20. The van der Waals surface area contributed by atoms with E-state index in [1.165, 1.54) is 6.07 Å². The van der Waals surface area contributed by atoms with E-state index in [2.05, 4.69) is 0 Å². The summed E-state index contributed by atoms with van der Waals surface area (Å²) < 4.78 is 0. The SMILES string of the molecule is CCC[C@H](N)c1ccc([N+](=O)[O-])s1. The standard InChI is InChI=1S/C8H12N2O2S/c1-2-3-6(9)7-4-5-8(13-7)10(11)12/h4-6H,2-3,9H2,1H3/t6-/m0/s1. The third kappa shape index (κ3) is 2.50. The summed E-state index contributed by atoms with van der Waals surface area (Å²) in [5.74, 6) is 0. The first-order valence-corrected chi connectivity index (χ1v) is 4.96. The maximum atomic E-state index is 10.4. The predicted octanol–water partition coefficient (Wildman–Crippen LogP) is 2.46. The lowest BCUT2D eigenvalue weighted by atomic mass is 10.1. The van der Waals surface area contributed by atoms with Gasteiger partial charge in [0.05, 0.1) is 4.92 Å². The zero-order chi connectivity index (χ0) is 9.84. The first kappa shape index (κ1) is 10.1. The summed E-state index contributed by atoms with van der Waals surface area (Å²) in [4.78, 5) is 10.9. The van der Waals surface area contributed by atoms with Crippen LogP contribution in [-0.4, -0.2) is 4.92 Å². The second kappa shape index (κ2) is 4.34. The normalized spacial score (nSPS) is 12.8. The van der Waals surface area contributed by atoms with E-state index in [1.54, 1.807) is 6.07 Å². The van der Waals surface area contributed by atoms with Crippen molar-refractivity contribution >= 4 is 16.3 Å². The third-order valence-corrected chi connectivity index (χ3v) is 2.93. The number of nitro groups is 1. The lowest BCUT2D eigenvalue weighted by molar-refractivity contribution is -0.380. The molecule has 72 valence electrons. The minimum Gasteiger partial charge on any atom is -0.323 e. The number of hydrogen-bond donors (Lipinski definition) is 1. The van der Waals surface area contributed by atoms with Crippen LogP contribution in [-0.2, 0) is 0 Å². The van der Waals surface area contributed by atoms with Crippen LogP contribution in [0.1, 0.15) is 30.7 Å². The van der Waals surface area contributed by atoms with Gasteiger partial charge in [-0.2, -0.15) is 0 Å². The average molecular weight is 200 g/mol. The van der Waals surface area contributed by atoms with Gasteiger partial charge in [0.1, 0.15) is 0 Å². The first-order valence-electron chi connectivity index (χ1n) is 4.15. The van der Waals surface area contributed by atoms with Crippen LogP contribution in [0.5, 0.6) is 0 Å². The molecule has 0 fully saturated rings. The highest BCUT2D eigenvalue weighted by Crippen LogP contribution is 2.29. The van der Waals surface area contributed by atoms with Crippen LogP contribution in [0, 0.1) is 10.1 Å². The fraction of sp³-hybridized carbons (Fsp3) is 0.500. The molecule has 0 aliphatic heterocycles. The molecule has 1 aromatic heterocycles. The van der Waals surface area contributed by atoms with Crippen molar-refractivity contribution in [2.24, 2.45) is 5.73 Å². The zero-order valence-electron chi connectivity index (χ0n) is 7.40. The number of thiophene rings is 1. The molecule has 1 aromatic rings. The molecule has 1 rings (SSSR count). The van der Waals surface area contributed by atoms with Crippen LogP contribution in [0.2, 0.25) is 0 Å². The smallest absolute Gasteiger partial charge is 0.323 e. The van der Waals surface area contributed by atoms with Crippen molar-refractivity contribution in [2.45, 2.75) is 25.8 Å². The van der Waals surface area contributed by atoms with Crippen LogP contribution in [0.25, 0.3) is 0 Å². The molecule has 1 heterocycles. The Morgan fingerprint density at radius 3 is 2.85 bits per heavy atom. The van der Waals surface area contributed by atoms with E-state index < -0.39 is 0 Å². The summed E-state index contributed by atoms with van der Waals surface area (Å²) in [7, 11) is 0. The van der Waals surface area contributed by atoms with Crippen molar-refractivity contribution in [1.82, 2.24) is 0 Å². The first-order chi connectivity index (χ1) is 6.15. The van der Waals surface area contributed by atoms with E-state index >= 15 is 0 Å². The highest BCUT2D eigenvalue weighted by atomic mass is 32.1. The van der Waals surface area contributed by atoms with Gasteiger partial charge in [0.25, 0.3) is 0 Å². The van der Waals surface area contributed by atoms with E-state index in [0.29, 0.717) is 0 Å². The molecule has 2 N–H and O–H groups in total. The Morgan fingerprint density at radius 1 is 1.69 bits per heavy atom. The lowest BCUT2D eigenvalue weighted by Gasteiger charge is -2.05. The van der Waals surface area contributed by atoms with E-state index in [9.17, 15) is 10.1 Å². The molecule has 13 heavy (non-hydrogen) atoms. The summed E-state index contributed by atoms with van der Waals surface area (Å²) in [5, 5.41) is 10.5. The molecular formula is C8H12N2O2S. The Bertz CT molecular complexity index is 298. The molecule has 0 aromatic carbocycles. The minimum atomic E-state index is -0.382. The molecule has 5 heteroatoms. The van der Waals surface area contributed by atoms with Crippen molar-refractivity contribution in [3.8, 4) is 0 Å². The molecule has 0 bridgehead atoms. The van der Waals surface area contributed by atoms with Gasteiger partial charge in [0, 0.05) is 17.0 Å². The monoisotopic (exact) mass is 200 g/mol. The quantitative estimate of drug-likeness (QED) is 0.599. The maximum absolute atomic E-state index is 10.4. The van der Waals surface area contributed by atoms with E-state index in [1.807, 2.05) is 6.92 Å². The third-order valence-electron chi connectivity index (χ3n) is 1.76. The van der Waals surface area contributed by atoms with Gasteiger partial charge in [0.15, 0.2) is 0 Å². The fourth-order valence-electron chi connectivity index (χ4n) is 1.09. The molecule has 4 nitrogen and oxygen atoms in total. The van der Waals surface area contributed by atoms with Crippen LogP contribution < -0.4 is 5.73 Å². The Balaban J connectivity index is 2.73. The summed E-state index contributed by atoms with van der Waals surface area (Å²) in [6.07, 6.45) is 1.87. The summed E-state index contributed by atoms with van der Waals surface area (Å²) in [6.45, 7) is 2.04. The van der Waals surface area contributed by atoms with Crippen LogP contribution >= 0.6 is 11.3 Å². The summed E-state index contributed by atoms with van der Waals surface area (Å²) in [5.41, 5.74) is 5.81. The maximum Gasteiger partial charge on any atom is 0.324 e. The van der Waals surface area contributed by atoms with Gasteiger partial charge in [0.2, 0.25) is 0 Å². The van der Waals surface area contributed by atoms with Crippen LogP contribution in [0.3, 0.4) is 0 Å². The van der Waals surface area contributed by atoms with Crippen molar-refractivity contribution < 1.29 is 4.92 Å². The molecule has 0 aliphatic rings. The molecule has 0 aliphatic carbocycles. The molecule has 1 atom stereocenters. The number of hydrogen-bond acceptors (Lipinski definition) is 4. The number of nitrogens with zero attached hydrogens (tertiary/aromatic N) is 1.